The van der Waals surface area contributed by atoms with Crippen LogP contribution in [0, 0.1) is 5.41 Å². The first kappa shape index (κ1) is 18.1. The van der Waals surface area contributed by atoms with Crippen LogP contribution < -0.4 is 14.4 Å². The summed E-state index contributed by atoms with van der Waals surface area (Å²) in [7, 11) is 3.22. The number of ether oxygens (including phenoxy) is 2. The van der Waals surface area contributed by atoms with E-state index >= 15 is 0 Å². The van der Waals surface area contributed by atoms with Gasteiger partial charge in [0.2, 0.25) is 0 Å². The van der Waals surface area contributed by atoms with Crippen LogP contribution in [0.2, 0.25) is 0 Å². The lowest BCUT2D eigenvalue weighted by atomic mass is 10.1. The molecule has 2 aromatic carbocycles. The van der Waals surface area contributed by atoms with Gasteiger partial charge in [0, 0.05) is 10.9 Å². The number of hydrogen-bond donors (Lipinski definition) is 2. The van der Waals surface area contributed by atoms with Gasteiger partial charge in [-0.15, -0.1) is 11.3 Å². The maximum Gasteiger partial charge on any atom is 0.142 e. The van der Waals surface area contributed by atoms with Gasteiger partial charge in [-0.3, -0.25) is 5.41 Å². The van der Waals surface area contributed by atoms with Gasteiger partial charge in [0.25, 0.3) is 0 Å². The average Bonchev–Trinajstić information content (AvgIpc) is 3.32. The molecule has 0 atom stereocenters. The van der Waals surface area contributed by atoms with Crippen molar-refractivity contribution >= 4 is 28.4 Å². The Kier molecular flexibility index (Phi) is 4.75. The molecule has 0 amide bonds. The summed E-state index contributed by atoms with van der Waals surface area (Å²) in [6, 6.07) is 15.1. The Morgan fingerprint density at radius 1 is 1.07 bits per heavy atom. The number of para-hydroxylation sites is 2. The lowest BCUT2D eigenvalue weighted by Gasteiger charge is -2.21. The number of rotatable bonds is 5. The van der Waals surface area contributed by atoms with Crippen molar-refractivity contribution in [3.8, 4) is 22.8 Å². The molecule has 1 aliphatic heterocycles. The summed E-state index contributed by atoms with van der Waals surface area (Å²) in [5.74, 6) is 1.77. The fraction of sp³-hybridized carbons (Fsp3) is 0.143. The number of aliphatic hydroxyl groups is 1. The van der Waals surface area contributed by atoms with Gasteiger partial charge in [-0.25, -0.2) is 4.98 Å². The summed E-state index contributed by atoms with van der Waals surface area (Å²) < 4.78 is 10.6. The molecule has 0 aliphatic carbocycles. The Balaban J connectivity index is 1.63. The van der Waals surface area contributed by atoms with Crippen LogP contribution in [0.5, 0.6) is 11.5 Å². The molecule has 0 saturated heterocycles. The number of aromatic nitrogens is 1. The molecule has 0 bridgehead atoms. The zero-order valence-corrected chi connectivity index (χ0v) is 16.3. The van der Waals surface area contributed by atoms with Crippen molar-refractivity contribution < 1.29 is 14.6 Å². The van der Waals surface area contributed by atoms with Gasteiger partial charge in [-0.05, 0) is 36.4 Å². The molecule has 7 heteroatoms. The summed E-state index contributed by atoms with van der Waals surface area (Å²) in [6.45, 7) is 0.214. The summed E-state index contributed by atoms with van der Waals surface area (Å²) >= 11 is 1.41. The lowest BCUT2D eigenvalue weighted by molar-refractivity contribution is 0.407. The number of hydrogen-bond acceptors (Lipinski definition) is 6. The molecule has 1 aliphatic rings. The quantitative estimate of drug-likeness (QED) is 0.663. The highest BCUT2D eigenvalue weighted by molar-refractivity contribution is 7.11. The second kappa shape index (κ2) is 7.36. The van der Waals surface area contributed by atoms with Crippen molar-refractivity contribution in [2.45, 2.75) is 0 Å². The lowest BCUT2D eigenvalue weighted by Crippen LogP contribution is -2.26. The van der Waals surface area contributed by atoms with Gasteiger partial charge in [0.15, 0.2) is 0 Å². The van der Waals surface area contributed by atoms with Gasteiger partial charge >= 0.3 is 0 Å². The Bertz CT molecular complexity index is 1060. The third-order valence-electron chi connectivity index (χ3n) is 4.58. The third-order valence-corrected chi connectivity index (χ3v) is 5.44. The maximum atomic E-state index is 10.6. The standard InChI is InChI=1S/C21H19N3O3S/c1-26-14-9-7-13(8-10-14)15-12-28-21(23-15)19-17(25)11-24(20(19)22)16-5-3-4-6-18(16)27-2/h3-10,12,22,25H,11H2,1-2H3. The molecule has 0 unspecified atom stereocenters. The molecular formula is C21H19N3O3S. The van der Waals surface area contributed by atoms with E-state index in [4.69, 9.17) is 14.9 Å². The zero-order chi connectivity index (χ0) is 19.7. The Morgan fingerprint density at radius 3 is 2.54 bits per heavy atom. The number of benzene rings is 2. The first-order chi connectivity index (χ1) is 13.6. The molecule has 6 nitrogen and oxygen atoms in total. The summed E-state index contributed by atoms with van der Waals surface area (Å²) in [6.07, 6.45) is 0. The molecule has 2 heterocycles. The number of thiazole rings is 1. The molecule has 4 rings (SSSR count). The van der Waals surface area contributed by atoms with Crippen LogP contribution in [0.3, 0.4) is 0 Å². The first-order valence-corrected chi connectivity index (χ1v) is 9.52. The van der Waals surface area contributed by atoms with Crippen molar-refractivity contribution in [2.24, 2.45) is 0 Å². The number of aliphatic hydroxyl groups excluding tert-OH is 1. The smallest absolute Gasteiger partial charge is 0.142 e. The fourth-order valence-electron chi connectivity index (χ4n) is 3.15. The maximum absolute atomic E-state index is 10.6. The van der Waals surface area contributed by atoms with E-state index in [0.29, 0.717) is 16.3 Å². The van der Waals surface area contributed by atoms with Crippen molar-refractivity contribution in [2.75, 3.05) is 25.7 Å². The highest BCUT2D eigenvalue weighted by atomic mass is 32.1. The van der Waals surface area contributed by atoms with Crippen LogP contribution in [0.1, 0.15) is 5.01 Å². The van der Waals surface area contributed by atoms with Gasteiger partial charge in [-0.2, -0.15) is 0 Å². The normalized spacial score (nSPS) is 13.9. The predicted octanol–water partition coefficient (Wildman–Crippen LogP) is 4.59. The second-order valence-electron chi connectivity index (χ2n) is 6.19. The van der Waals surface area contributed by atoms with E-state index in [1.54, 1.807) is 19.1 Å². The predicted molar refractivity (Wildman–Crippen MR) is 112 cm³/mol. The molecule has 0 spiro atoms. The van der Waals surface area contributed by atoms with Crippen LogP contribution in [0.15, 0.2) is 59.7 Å². The highest BCUT2D eigenvalue weighted by Gasteiger charge is 2.32. The second-order valence-corrected chi connectivity index (χ2v) is 7.05. The van der Waals surface area contributed by atoms with E-state index < -0.39 is 0 Å². The molecule has 1 aromatic heterocycles. The van der Waals surface area contributed by atoms with Crippen LogP contribution in [-0.2, 0) is 0 Å². The van der Waals surface area contributed by atoms with E-state index in [2.05, 4.69) is 4.98 Å². The fourth-order valence-corrected chi connectivity index (χ4v) is 4.04. The first-order valence-electron chi connectivity index (χ1n) is 8.64. The number of amidine groups is 1. The van der Waals surface area contributed by atoms with Gasteiger partial charge in [0.05, 0.1) is 37.7 Å². The molecule has 142 valence electrons. The number of anilines is 1. The van der Waals surface area contributed by atoms with Gasteiger partial charge < -0.3 is 19.5 Å². The van der Waals surface area contributed by atoms with E-state index in [1.165, 1.54) is 11.3 Å². The Labute approximate surface area is 166 Å². The minimum atomic E-state index is 0.131. The average molecular weight is 393 g/mol. The monoisotopic (exact) mass is 393 g/mol. The third kappa shape index (κ3) is 3.10. The van der Waals surface area contributed by atoms with E-state index in [9.17, 15) is 5.11 Å². The largest absolute Gasteiger partial charge is 0.510 e. The van der Waals surface area contributed by atoms with Gasteiger partial charge in [0.1, 0.15) is 28.1 Å². The van der Waals surface area contributed by atoms with Crippen molar-refractivity contribution in [1.82, 2.24) is 4.98 Å². The summed E-state index contributed by atoms with van der Waals surface area (Å²) in [4.78, 5) is 6.37. The number of nitrogens with zero attached hydrogens (tertiary/aromatic N) is 2. The molecular weight excluding hydrogens is 374 g/mol. The summed E-state index contributed by atoms with van der Waals surface area (Å²) in [5.41, 5.74) is 2.94. The highest BCUT2D eigenvalue weighted by Crippen LogP contribution is 2.37. The Hall–Kier alpha value is -3.32. The topological polar surface area (TPSA) is 78.7 Å². The van der Waals surface area contributed by atoms with E-state index in [-0.39, 0.29) is 18.1 Å². The van der Waals surface area contributed by atoms with Crippen molar-refractivity contribution in [3.63, 3.8) is 0 Å². The molecule has 3 aromatic rings. The number of nitrogens with one attached hydrogen (secondary N) is 1. The van der Waals surface area contributed by atoms with E-state index in [0.717, 1.165) is 22.7 Å². The van der Waals surface area contributed by atoms with Crippen molar-refractivity contribution in [3.05, 3.63) is 64.7 Å². The molecule has 28 heavy (non-hydrogen) atoms. The van der Waals surface area contributed by atoms with Gasteiger partial charge in [-0.1, -0.05) is 12.1 Å². The van der Waals surface area contributed by atoms with Crippen LogP contribution in [0.25, 0.3) is 16.8 Å². The zero-order valence-electron chi connectivity index (χ0n) is 15.5. The van der Waals surface area contributed by atoms with E-state index in [1.807, 2.05) is 53.9 Å². The number of methoxy groups -OCH3 is 2. The minimum absolute atomic E-state index is 0.131. The van der Waals surface area contributed by atoms with Crippen LogP contribution in [0.4, 0.5) is 5.69 Å². The van der Waals surface area contributed by atoms with Crippen molar-refractivity contribution in [1.29, 1.82) is 5.41 Å². The SMILES string of the molecule is COc1ccc(-c2csc(C3=C(O)CN(c4ccccc4OC)C3=N)n2)cc1. The van der Waals surface area contributed by atoms with Crippen LogP contribution in [-0.4, -0.2) is 36.7 Å². The molecule has 0 saturated carbocycles. The molecule has 0 radical (unpaired) electrons. The Morgan fingerprint density at radius 2 is 1.82 bits per heavy atom. The minimum Gasteiger partial charge on any atom is -0.510 e. The van der Waals surface area contributed by atoms with Crippen LogP contribution >= 0.6 is 11.3 Å². The molecule has 0 fully saturated rings. The molecule has 2 N–H and O–H groups in total. The summed E-state index contributed by atoms with van der Waals surface area (Å²) in [5, 5.41) is 21.7.